The van der Waals surface area contributed by atoms with Crippen molar-refractivity contribution in [2.75, 3.05) is 7.05 Å². The summed E-state index contributed by atoms with van der Waals surface area (Å²) in [5, 5.41) is 2.95. The van der Waals surface area contributed by atoms with Crippen molar-refractivity contribution >= 4 is 24.6 Å². The number of rotatable bonds is 7. The van der Waals surface area contributed by atoms with E-state index in [0.29, 0.717) is 5.92 Å². The van der Waals surface area contributed by atoms with Crippen molar-refractivity contribution < 1.29 is 9.59 Å². The fraction of sp³-hybridized carbons (Fsp3) is 0.875. The summed E-state index contributed by atoms with van der Waals surface area (Å²) in [6, 6.07) is -0.556. The zero-order valence-electron chi connectivity index (χ0n) is 14.6. The van der Waals surface area contributed by atoms with Gasteiger partial charge in [-0.1, -0.05) is 60.8 Å². The van der Waals surface area contributed by atoms with Gasteiger partial charge < -0.3 is 5.32 Å². The van der Waals surface area contributed by atoms with Crippen molar-refractivity contribution in [1.82, 2.24) is 9.62 Å². The van der Waals surface area contributed by atoms with Gasteiger partial charge in [0.05, 0.1) is 0 Å². The molecule has 1 unspecified atom stereocenters. The smallest absolute Gasteiger partial charge is 0.255 e. The van der Waals surface area contributed by atoms with Crippen molar-refractivity contribution in [3.8, 4) is 0 Å². The summed E-state index contributed by atoms with van der Waals surface area (Å²) >= 11 is 4.07. The Hall–Kier alpha value is -0.710. The van der Waals surface area contributed by atoms with Gasteiger partial charge in [-0.05, 0) is 24.2 Å². The number of amides is 2. The molecule has 0 bridgehead atoms. The highest BCUT2D eigenvalue weighted by atomic mass is 32.1. The molecule has 0 fully saturated rings. The zero-order chi connectivity index (χ0) is 16.8. The van der Waals surface area contributed by atoms with E-state index in [1.165, 1.54) is 4.31 Å². The number of carbonyl (C=O) groups is 2. The molecule has 0 aliphatic rings. The van der Waals surface area contributed by atoms with Crippen LogP contribution in [-0.4, -0.2) is 29.2 Å². The Bertz CT molecular complexity index is 349. The first kappa shape index (κ1) is 20.3. The van der Waals surface area contributed by atoms with E-state index in [1.54, 1.807) is 7.05 Å². The van der Waals surface area contributed by atoms with Crippen LogP contribution in [-0.2, 0) is 9.59 Å². The molecule has 0 aromatic heterocycles. The second-order valence-corrected chi connectivity index (χ2v) is 7.88. The quantitative estimate of drug-likeness (QED) is 0.708. The Morgan fingerprint density at radius 1 is 1.24 bits per heavy atom. The normalized spacial score (nSPS) is 14.7. The van der Waals surface area contributed by atoms with Crippen molar-refractivity contribution in [3.05, 3.63) is 0 Å². The van der Waals surface area contributed by atoms with E-state index >= 15 is 0 Å². The molecule has 2 atom stereocenters. The molecule has 0 aliphatic carbocycles. The second-order valence-electron chi connectivity index (χ2n) is 7.28. The van der Waals surface area contributed by atoms with Gasteiger partial charge in [-0.2, -0.15) is 0 Å². The van der Waals surface area contributed by atoms with Gasteiger partial charge in [0.1, 0.15) is 6.04 Å². The second kappa shape index (κ2) is 8.66. The van der Waals surface area contributed by atoms with Gasteiger partial charge in [-0.3, -0.25) is 13.9 Å². The fourth-order valence-electron chi connectivity index (χ4n) is 2.37. The maximum absolute atomic E-state index is 12.5. The molecule has 0 saturated heterocycles. The molecule has 0 radical (unpaired) electrons. The minimum absolute atomic E-state index is 0.0194. The molecule has 2 amide bonds. The number of hydrogen-bond donors (Lipinski definition) is 2. The molecule has 0 spiro atoms. The maximum atomic E-state index is 12.5. The third-order valence-electron chi connectivity index (χ3n) is 3.48. The van der Waals surface area contributed by atoms with Gasteiger partial charge in [0, 0.05) is 13.0 Å². The summed E-state index contributed by atoms with van der Waals surface area (Å²) in [5.74, 6) is 0.231. The van der Waals surface area contributed by atoms with Gasteiger partial charge in [0.2, 0.25) is 5.91 Å². The first-order chi connectivity index (χ1) is 9.50. The maximum Gasteiger partial charge on any atom is 0.255 e. The Kier molecular flexibility index (Phi) is 8.37. The van der Waals surface area contributed by atoms with E-state index in [-0.39, 0.29) is 23.1 Å². The Labute approximate surface area is 135 Å². The lowest BCUT2D eigenvalue weighted by Gasteiger charge is -2.33. The number of thiol groups is 1. The minimum atomic E-state index is -0.556. The van der Waals surface area contributed by atoms with Gasteiger partial charge >= 0.3 is 0 Å². The topological polar surface area (TPSA) is 49.4 Å². The van der Waals surface area contributed by atoms with Crippen molar-refractivity contribution in [3.63, 3.8) is 0 Å². The van der Waals surface area contributed by atoms with Crippen LogP contribution in [0.3, 0.4) is 0 Å². The highest BCUT2D eigenvalue weighted by Crippen LogP contribution is 2.24. The van der Waals surface area contributed by atoms with Crippen LogP contribution in [0.4, 0.5) is 0 Å². The van der Waals surface area contributed by atoms with Crippen LogP contribution in [0.2, 0.25) is 0 Å². The van der Waals surface area contributed by atoms with Crippen LogP contribution in [0, 0.1) is 17.3 Å². The number of hydrogen-bond acceptors (Lipinski definition) is 3. The van der Waals surface area contributed by atoms with Crippen LogP contribution < -0.4 is 5.32 Å². The van der Waals surface area contributed by atoms with Crippen LogP contribution in [0.25, 0.3) is 0 Å². The predicted molar refractivity (Wildman–Crippen MR) is 91.0 cm³/mol. The van der Waals surface area contributed by atoms with Gasteiger partial charge in [-0.25, -0.2) is 0 Å². The summed E-state index contributed by atoms with van der Waals surface area (Å²) < 4.78 is 1.24. The van der Waals surface area contributed by atoms with E-state index < -0.39 is 6.04 Å². The molecule has 0 aromatic carbocycles. The SMILES string of the molecule is CCCC(CC(C)C)C(=O)N[C@H](C(=O)N(C)S)C(C)(C)C. The average Bonchev–Trinajstić information content (AvgIpc) is 2.32. The predicted octanol–water partition coefficient (Wildman–Crippen LogP) is 3.28. The lowest BCUT2D eigenvalue weighted by Crippen LogP contribution is -2.53. The third-order valence-corrected chi connectivity index (χ3v) is 3.68. The number of carbonyl (C=O) groups excluding carboxylic acids is 2. The van der Waals surface area contributed by atoms with Crippen molar-refractivity contribution in [2.45, 2.75) is 66.8 Å². The van der Waals surface area contributed by atoms with Gasteiger partial charge in [0.25, 0.3) is 5.91 Å². The Morgan fingerprint density at radius 3 is 2.10 bits per heavy atom. The minimum Gasteiger partial charge on any atom is -0.344 e. The summed E-state index contributed by atoms with van der Waals surface area (Å²) in [4.78, 5) is 24.8. The standard InChI is InChI=1S/C16H32N2O2S/c1-8-9-12(10-11(2)3)14(19)17-13(16(4,5)6)15(20)18(7)21/h11-13,21H,8-10H2,1-7H3,(H,17,19)/t12?,13-/m1/s1. The highest BCUT2D eigenvalue weighted by Gasteiger charge is 2.35. The monoisotopic (exact) mass is 316 g/mol. The first-order valence-corrected chi connectivity index (χ1v) is 8.17. The van der Waals surface area contributed by atoms with Gasteiger partial charge in [0.15, 0.2) is 0 Å². The largest absolute Gasteiger partial charge is 0.344 e. The lowest BCUT2D eigenvalue weighted by atomic mass is 9.85. The number of likely N-dealkylation sites (N-methyl/N-ethyl adjacent to an activating group) is 1. The Morgan fingerprint density at radius 2 is 1.76 bits per heavy atom. The molecule has 0 aliphatic heterocycles. The van der Waals surface area contributed by atoms with Crippen LogP contribution in [0.5, 0.6) is 0 Å². The molecular formula is C16H32N2O2S. The van der Waals surface area contributed by atoms with Crippen LogP contribution in [0.15, 0.2) is 0 Å². The average molecular weight is 317 g/mol. The molecular weight excluding hydrogens is 284 g/mol. The van der Waals surface area contributed by atoms with E-state index in [1.807, 2.05) is 20.8 Å². The van der Waals surface area contributed by atoms with Gasteiger partial charge in [-0.15, -0.1) is 0 Å². The van der Waals surface area contributed by atoms with Crippen LogP contribution >= 0.6 is 12.8 Å². The van der Waals surface area contributed by atoms with Crippen molar-refractivity contribution in [2.24, 2.45) is 17.3 Å². The highest BCUT2D eigenvalue weighted by molar-refractivity contribution is 7.78. The third kappa shape index (κ3) is 7.21. The summed E-state index contributed by atoms with van der Waals surface area (Å²) in [5.41, 5.74) is -0.349. The molecule has 124 valence electrons. The lowest BCUT2D eigenvalue weighted by molar-refractivity contribution is -0.136. The molecule has 0 heterocycles. The summed E-state index contributed by atoms with van der Waals surface area (Å²) in [6.07, 6.45) is 2.67. The molecule has 0 saturated carbocycles. The van der Waals surface area contributed by atoms with E-state index in [0.717, 1.165) is 19.3 Å². The van der Waals surface area contributed by atoms with E-state index in [2.05, 4.69) is 38.9 Å². The first-order valence-electron chi connectivity index (χ1n) is 7.77. The van der Waals surface area contributed by atoms with Crippen molar-refractivity contribution in [1.29, 1.82) is 0 Å². The fourth-order valence-corrected chi connectivity index (χ4v) is 2.48. The molecule has 0 aromatic rings. The summed E-state index contributed by atoms with van der Waals surface area (Å²) in [6.45, 7) is 12.2. The number of nitrogens with zero attached hydrogens (tertiary/aromatic N) is 1. The Balaban J connectivity index is 5.05. The molecule has 0 rings (SSSR count). The zero-order valence-corrected chi connectivity index (χ0v) is 15.5. The van der Waals surface area contributed by atoms with E-state index in [4.69, 9.17) is 0 Å². The molecule has 21 heavy (non-hydrogen) atoms. The number of nitrogens with one attached hydrogen (secondary N) is 1. The molecule has 4 nitrogen and oxygen atoms in total. The summed E-state index contributed by atoms with van der Waals surface area (Å²) in [7, 11) is 1.59. The molecule has 5 heteroatoms. The van der Waals surface area contributed by atoms with Crippen LogP contribution in [0.1, 0.15) is 60.8 Å². The molecule has 1 N–H and O–H groups in total. The van der Waals surface area contributed by atoms with E-state index in [9.17, 15) is 9.59 Å².